The van der Waals surface area contributed by atoms with Crippen LogP contribution in [0.2, 0.25) is 0 Å². The number of halogens is 2. The molecule has 4 rings (SSSR count). The van der Waals surface area contributed by atoms with Gasteiger partial charge in [0.25, 0.3) is 0 Å². The number of nitrogens with zero attached hydrogens (tertiary/aromatic N) is 3. The van der Waals surface area contributed by atoms with E-state index in [1.165, 1.54) is 43.6 Å². The third-order valence-electron chi connectivity index (χ3n) is 5.80. The summed E-state index contributed by atoms with van der Waals surface area (Å²) in [7, 11) is 3.08. The van der Waals surface area contributed by atoms with Gasteiger partial charge in [0.2, 0.25) is 0 Å². The Kier molecular flexibility index (Phi) is 6.93. The van der Waals surface area contributed by atoms with Crippen LogP contribution in [0.3, 0.4) is 0 Å². The van der Waals surface area contributed by atoms with E-state index in [-0.39, 0.29) is 41.1 Å². The lowest BCUT2D eigenvalue weighted by Crippen LogP contribution is -2.33. The molecule has 0 spiro atoms. The van der Waals surface area contributed by atoms with Crippen LogP contribution in [0.25, 0.3) is 11.4 Å². The minimum Gasteiger partial charge on any atom is -0.496 e. The fourth-order valence-electron chi connectivity index (χ4n) is 4.28. The van der Waals surface area contributed by atoms with Crippen molar-refractivity contribution in [1.82, 2.24) is 9.97 Å². The molecule has 0 bridgehead atoms. The molecule has 0 radical (unpaired) electrons. The summed E-state index contributed by atoms with van der Waals surface area (Å²) >= 11 is 0. The van der Waals surface area contributed by atoms with Crippen LogP contribution in [0.1, 0.15) is 28.9 Å². The molecular weight excluding hydrogens is 428 g/mol. The number of Topliss-reactive ketones (excluding diaryl/α,β-unsaturated/α-hetero) is 1. The van der Waals surface area contributed by atoms with E-state index < -0.39 is 11.6 Å². The van der Waals surface area contributed by atoms with Gasteiger partial charge < -0.3 is 14.4 Å². The van der Waals surface area contributed by atoms with Crippen LogP contribution in [0.5, 0.6) is 5.75 Å². The van der Waals surface area contributed by atoms with Gasteiger partial charge in [-0.1, -0.05) is 6.07 Å². The number of aromatic nitrogens is 2. The largest absolute Gasteiger partial charge is 0.496 e. The van der Waals surface area contributed by atoms with E-state index in [0.29, 0.717) is 12.2 Å². The molecule has 172 valence electrons. The molecule has 0 unspecified atom stereocenters. The second kappa shape index (κ2) is 10.0. The quantitative estimate of drug-likeness (QED) is 0.469. The predicted octanol–water partition coefficient (Wildman–Crippen LogP) is 4.47. The lowest BCUT2D eigenvalue weighted by atomic mass is 10.0. The highest BCUT2D eigenvalue weighted by atomic mass is 19.1. The van der Waals surface area contributed by atoms with Crippen LogP contribution in [0.4, 0.5) is 14.5 Å². The van der Waals surface area contributed by atoms with Crippen LogP contribution in [-0.2, 0) is 11.2 Å². The van der Waals surface area contributed by atoms with Gasteiger partial charge in [-0.3, -0.25) is 4.79 Å². The van der Waals surface area contributed by atoms with Crippen LogP contribution in [0.15, 0.2) is 48.7 Å². The van der Waals surface area contributed by atoms with Gasteiger partial charge >= 0.3 is 0 Å². The van der Waals surface area contributed by atoms with E-state index in [9.17, 15) is 13.6 Å². The van der Waals surface area contributed by atoms with E-state index in [1.54, 1.807) is 19.2 Å². The molecule has 0 saturated carbocycles. The zero-order valence-corrected chi connectivity index (χ0v) is 18.6. The topological polar surface area (TPSA) is 64.5 Å². The summed E-state index contributed by atoms with van der Waals surface area (Å²) in [6.07, 6.45) is 3.33. The molecule has 2 aromatic carbocycles. The number of benzene rings is 2. The first-order chi connectivity index (χ1) is 16.0. The minimum atomic E-state index is -0.551. The van der Waals surface area contributed by atoms with Crippen LogP contribution >= 0.6 is 0 Å². The number of rotatable bonds is 8. The van der Waals surface area contributed by atoms with Crippen LogP contribution in [0, 0.1) is 11.6 Å². The second-order valence-electron chi connectivity index (χ2n) is 7.90. The van der Waals surface area contributed by atoms with Crippen molar-refractivity contribution >= 4 is 11.5 Å². The summed E-state index contributed by atoms with van der Waals surface area (Å²) in [6, 6.07) is 10.5. The first-order valence-electron chi connectivity index (χ1n) is 10.7. The molecule has 1 atom stereocenters. The average Bonchev–Trinajstić information content (AvgIpc) is 3.27. The van der Waals surface area contributed by atoms with Gasteiger partial charge in [0.15, 0.2) is 11.6 Å². The van der Waals surface area contributed by atoms with Gasteiger partial charge in [-0.15, -0.1) is 0 Å². The van der Waals surface area contributed by atoms with Crippen molar-refractivity contribution in [2.45, 2.75) is 25.3 Å². The van der Waals surface area contributed by atoms with Crippen molar-refractivity contribution in [3.63, 3.8) is 0 Å². The molecule has 1 saturated heterocycles. The smallest absolute Gasteiger partial charge is 0.185 e. The maximum Gasteiger partial charge on any atom is 0.185 e. The monoisotopic (exact) mass is 453 g/mol. The molecule has 1 aliphatic heterocycles. The Morgan fingerprint density at radius 1 is 1.18 bits per heavy atom. The number of anilines is 1. The summed E-state index contributed by atoms with van der Waals surface area (Å²) in [6.45, 7) is 1.37. The summed E-state index contributed by atoms with van der Waals surface area (Å²) in [5.41, 5.74) is 1.59. The highest BCUT2D eigenvalue weighted by Crippen LogP contribution is 2.32. The molecule has 0 amide bonds. The van der Waals surface area contributed by atoms with E-state index in [2.05, 4.69) is 14.9 Å². The summed E-state index contributed by atoms with van der Waals surface area (Å²) in [5.74, 6) is -0.961. The Morgan fingerprint density at radius 3 is 2.82 bits per heavy atom. The summed E-state index contributed by atoms with van der Waals surface area (Å²) in [5, 5.41) is 0. The third kappa shape index (κ3) is 4.85. The fraction of sp³-hybridized carbons (Fsp3) is 0.320. The molecule has 1 aromatic heterocycles. The standard InChI is InChI=1S/C25H25F2N3O3/c1-32-15-18-5-4-12-30(18)21-9-8-17(26)13-16(21)14-22(31)20-10-11-28-25(29-20)24-19(27)6-3-7-23(24)33-2/h3,6-11,13,18H,4-5,12,14-15H2,1-2H3/t18-/m1/s1. The van der Waals surface area contributed by atoms with Crippen molar-refractivity contribution in [2.24, 2.45) is 0 Å². The highest BCUT2D eigenvalue weighted by Gasteiger charge is 2.27. The van der Waals surface area contributed by atoms with E-state index in [0.717, 1.165) is 25.1 Å². The Bertz CT molecular complexity index is 1160. The van der Waals surface area contributed by atoms with Crippen molar-refractivity contribution in [3.8, 4) is 17.1 Å². The van der Waals surface area contributed by atoms with Crippen molar-refractivity contribution < 1.29 is 23.0 Å². The molecule has 6 nitrogen and oxygen atoms in total. The van der Waals surface area contributed by atoms with E-state index in [1.807, 2.05) is 0 Å². The molecule has 1 fully saturated rings. The molecule has 0 N–H and O–H groups in total. The molecule has 0 aliphatic carbocycles. The van der Waals surface area contributed by atoms with Gasteiger partial charge in [0.1, 0.15) is 23.1 Å². The first-order valence-corrected chi connectivity index (χ1v) is 10.7. The van der Waals surface area contributed by atoms with Gasteiger partial charge in [0, 0.05) is 32.0 Å². The SMILES string of the molecule is COC[C@H]1CCCN1c1ccc(F)cc1CC(=O)c1ccnc(-c2c(F)cccc2OC)n1. The molecule has 33 heavy (non-hydrogen) atoms. The number of hydrogen-bond acceptors (Lipinski definition) is 6. The Morgan fingerprint density at radius 2 is 2.03 bits per heavy atom. The fourth-order valence-corrected chi connectivity index (χ4v) is 4.28. The van der Waals surface area contributed by atoms with Gasteiger partial charge in [-0.25, -0.2) is 18.7 Å². The normalized spacial score (nSPS) is 15.6. The number of ether oxygens (including phenoxy) is 2. The number of ketones is 1. The number of methoxy groups -OCH3 is 2. The maximum absolute atomic E-state index is 14.5. The average molecular weight is 453 g/mol. The second-order valence-corrected chi connectivity index (χ2v) is 7.90. The lowest BCUT2D eigenvalue weighted by Gasteiger charge is -2.28. The third-order valence-corrected chi connectivity index (χ3v) is 5.80. The number of carbonyl (C=O) groups excluding carboxylic acids is 1. The van der Waals surface area contributed by atoms with Gasteiger partial charge in [-0.2, -0.15) is 0 Å². The van der Waals surface area contributed by atoms with Crippen molar-refractivity contribution in [3.05, 3.63) is 71.6 Å². The minimum absolute atomic E-state index is 0.0475. The van der Waals surface area contributed by atoms with Crippen molar-refractivity contribution in [1.29, 1.82) is 0 Å². The maximum atomic E-state index is 14.5. The van der Waals surface area contributed by atoms with Gasteiger partial charge in [-0.05, 0) is 54.8 Å². The zero-order chi connectivity index (χ0) is 23.4. The first kappa shape index (κ1) is 22.8. The number of hydrogen-bond donors (Lipinski definition) is 0. The zero-order valence-electron chi connectivity index (χ0n) is 18.6. The molecule has 1 aliphatic rings. The lowest BCUT2D eigenvalue weighted by molar-refractivity contribution is 0.0988. The van der Waals surface area contributed by atoms with Crippen LogP contribution < -0.4 is 9.64 Å². The van der Waals surface area contributed by atoms with E-state index >= 15 is 0 Å². The summed E-state index contributed by atoms with van der Waals surface area (Å²) in [4.78, 5) is 23.7. The molecule has 3 aromatic rings. The Labute approximate surface area is 191 Å². The summed E-state index contributed by atoms with van der Waals surface area (Å²) < 4.78 is 39.1. The van der Waals surface area contributed by atoms with E-state index in [4.69, 9.17) is 9.47 Å². The Hall–Kier alpha value is -3.39. The van der Waals surface area contributed by atoms with Gasteiger partial charge in [0.05, 0.1) is 25.3 Å². The highest BCUT2D eigenvalue weighted by molar-refractivity contribution is 5.97. The number of carbonyl (C=O) groups is 1. The van der Waals surface area contributed by atoms with Crippen molar-refractivity contribution in [2.75, 3.05) is 32.3 Å². The predicted molar refractivity (Wildman–Crippen MR) is 121 cm³/mol. The Balaban J connectivity index is 1.64. The molecule has 8 heteroatoms. The molecular formula is C25H25F2N3O3. The van der Waals surface area contributed by atoms with Crippen LogP contribution in [-0.4, -0.2) is 49.2 Å². The molecule has 2 heterocycles.